The van der Waals surface area contributed by atoms with Gasteiger partial charge in [0.1, 0.15) is 46.8 Å². The third-order valence-electron chi connectivity index (χ3n) is 15.9. The first-order valence-electron chi connectivity index (χ1n) is 28.7. The standard InChI is InChI=1S/C60H77ClN10O17/c1-32-15-12-19-44(84-9)60(81)31-43(85-58(80)69-60)34(3)53-59(5,87-53)45(30-48(74)70(6)41-28-36(27-32)29-42(83-8)50(41)61)86-57(79)68-38-21-22-39(52-37(38)17-13-25-63-52)66-54(76)40(18-14-26-64-56(62)78)67-55(77)51(35(4)82-7)65-33(2)16-10-11-20-49(75)88-71-46(72)23-24-47(71)73/h12-13,15,17,19,21-22,25,28-29,34-35,40,43-45,51,53,65,81H,2,10-11,14,16,18,20,23-24,26-27,30-31H2,1,3-9H3,(H,66,76)(H,67,77)(H,68,79)(H,69,80)(H3,62,64,78)/b19-12+,32-15+/t34-,35?,40+,43+,44-,45+,51+,53+,59+,60+/m1/s1. The van der Waals surface area contributed by atoms with Gasteiger partial charge in [-0.1, -0.05) is 48.9 Å². The minimum atomic E-state index is -1.92. The lowest BCUT2D eigenvalue weighted by molar-refractivity contribution is -0.197. The van der Waals surface area contributed by atoms with Gasteiger partial charge in [-0.3, -0.25) is 39.6 Å². The van der Waals surface area contributed by atoms with Crippen LogP contribution in [0.25, 0.3) is 10.9 Å². The Hall–Kier alpha value is -8.37. The number of primary amides is 1. The molecular weight excluding hydrogens is 1170 g/mol. The number of carbonyl (C=O) groups excluding carboxylic acids is 9. The van der Waals surface area contributed by atoms with Gasteiger partial charge in [-0.25, -0.2) is 19.2 Å². The maximum absolute atomic E-state index is 14.6. The Labute approximate surface area is 513 Å². The Balaban J connectivity index is 1.09. The quantitative estimate of drug-likeness (QED) is 0.0351. The maximum Gasteiger partial charge on any atom is 0.412 e. The molecule has 4 bridgehead atoms. The molecular formula is C60H77ClN10O17. The largest absolute Gasteiger partial charge is 0.495 e. The second-order valence-electron chi connectivity index (χ2n) is 22.3. The smallest absolute Gasteiger partial charge is 0.412 e. The highest BCUT2D eigenvalue weighted by molar-refractivity contribution is 6.35. The predicted octanol–water partition coefficient (Wildman–Crippen LogP) is 5.47. The fraction of sp³-hybridized carbons (Fsp3) is 0.500. The van der Waals surface area contributed by atoms with E-state index in [1.807, 2.05) is 13.0 Å². The summed E-state index contributed by atoms with van der Waals surface area (Å²) in [4.78, 5) is 129. The number of urea groups is 1. The number of benzene rings is 2. The van der Waals surface area contributed by atoms with E-state index in [2.05, 4.69) is 43.5 Å². The number of nitrogens with zero attached hydrogens (tertiary/aromatic N) is 3. The predicted molar refractivity (Wildman–Crippen MR) is 320 cm³/mol. The number of halogens is 1. The molecule has 3 aromatic rings. The molecule has 28 heteroatoms. The average molecular weight is 1250 g/mol. The molecule has 9 N–H and O–H groups in total. The van der Waals surface area contributed by atoms with Crippen LogP contribution in [-0.4, -0.2) is 158 Å². The summed E-state index contributed by atoms with van der Waals surface area (Å²) in [5.41, 5.74) is 4.92. The van der Waals surface area contributed by atoms with Crippen molar-refractivity contribution in [2.45, 2.75) is 152 Å². The normalized spacial score (nSPS) is 24.8. The van der Waals surface area contributed by atoms with E-state index in [-0.39, 0.29) is 67.0 Å². The second-order valence-corrected chi connectivity index (χ2v) is 22.7. The van der Waals surface area contributed by atoms with Crippen molar-refractivity contribution in [1.82, 2.24) is 31.3 Å². The molecule has 7 rings (SSSR count). The number of methoxy groups -OCH3 is 3. The van der Waals surface area contributed by atoms with E-state index < -0.39 is 120 Å². The molecule has 0 aliphatic carbocycles. The molecule has 27 nitrogen and oxygen atoms in total. The van der Waals surface area contributed by atoms with E-state index in [1.165, 1.54) is 51.6 Å². The van der Waals surface area contributed by atoms with Crippen molar-refractivity contribution in [3.8, 4) is 5.75 Å². The molecule has 88 heavy (non-hydrogen) atoms. The Morgan fingerprint density at radius 3 is 2.39 bits per heavy atom. The Kier molecular flexibility index (Phi) is 22.5. The van der Waals surface area contributed by atoms with Crippen molar-refractivity contribution in [1.29, 1.82) is 0 Å². The third kappa shape index (κ3) is 16.6. The number of aliphatic hydroxyl groups is 1. The Morgan fingerprint density at radius 1 is 0.977 bits per heavy atom. The van der Waals surface area contributed by atoms with E-state index in [1.54, 1.807) is 57.2 Å². The summed E-state index contributed by atoms with van der Waals surface area (Å²) < 4.78 is 35.2. The van der Waals surface area contributed by atoms with Gasteiger partial charge in [0, 0.05) is 76.7 Å². The molecule has 476 valence electrons. The zero-order chi connectivity index (χ0) is 64.2. The molecule has 0 radical (unpaired) electrons. The van der Waals surface area contributed by atoms with Gasteiger partial charge >= 0.3 is 24.2 Å². The summed E-state index contributed by atoms with van der Waals surface area (Å²) in [6.45, 7) is 11.0. The van der Waals surface area contributed by atoms with E-state index >= 15 is 0 Å². The number of allylic oxidation sites excluding steroid dienone is 4. The van der Waals surface area contributed by atoms with Crippen molar-refractivity contribution >= 4 is 93.3 Å². The number of epoxide rings is 1. The monoisotopic (exact) mass is 1240 g/mol. The zero-order valence-electron chi connectivity index (χ0n) is 50.4. The van der Waals surface area contributed by atoms with Gasteiger partial charge in [-0.15, -0.1) is 5.06 Å². The minimum Gasteiger partial charge on any atom is -0.495 e. The van der Waals surface area contributed by atoms with Crippen LogP contribution in [-0.2, 0) is 63.7 Å². The van der Waals surface area contributed by atoms with Crippen LogP contribution in [0.1, 0.15) is 97.5 Å². The molecule has 4 aliphatic heterocycles. The zero-order valence-corrected chi connectivity index (χ0v) is 51.1. The second kappa shape index (κ2) is 29.6. The summed E-state index contributed by atoms with van der Waals surface area (Å²) in [6, 6.07) is 6.63. The maximum atomic E-state index is 14.6. The molecule has 0 saturated carbocycles. The first-order chi connectivity index (χ1) is 41.8. The molecule has 1 unspecified atom stereocenters. The van der Waals surface area contributed by atoms with Gasteiger partial charge in [-0.05, 0) is 101 Å². The molecule has 3 saturated heterocycles. The van der Waals surface area contributed by atoms with Crippen LogP contribution in [0.3, 0.4) is 0 Å². The van der Waals surface area contributed by atoms with Crippen LogP contribution < -0.4 is 47.3 Å². The summed E-state index contributed by atoms with van der Waals surface area (Å²) in [7, 11) is 5.79. The first-order valence-corrected chi connectivity index (χ1v) is 29.1. The van der Waals surface area contributed by atoms with Crippen LogP contribution in [0, 0.1) is 5.92 Å². The van der Waals surface area contributed by atoms with Gasteiger partial charge in [0.15, 0.2) is 5.72 Å². The molecule has 4 aliphatic rings. The highest BCUT2D eigenvalue weighted by Crippen LogP contribution is 2.49. The molecule has 2 aromatic carbocycles. The average Bonchev–Trinajstić information content (AvgIpc) is 1.60. The fourth-order valence-corrected chi connectivity index (χ4v) is 11.1. The van der Waals surface area contributed by atoms with Crippen LogP contribution in [0.5, 0.6) is 5.75 Å². The van der Waals surface area contributed by atoms with Gasteiger partial charge < -0.3 is 70.3 Å². The number of nitrogens with two attached hydrogens (primary N) is 1. The lowest BCUT2D eigenvalue weighted by Crippen LogP contribution is -2.63. The number of fused-ring (bicyclic) bond motifs is 6. The van der Waals surface area contributed by atoms with Crippen molar-refractivity contribution in [2.24, 2.45) is 11.7 Å². The molecule has 9 amide bonds. The van der Waals surface area contributed by atoms with Crippen LogP contribution >= 0.6 is 11.6 Å². The number of alkyl carbamates (subject to hydrolysis) is 1. The topological polar surface area (TPSA) is 359 Å². The summed E-state index contributed by atoms with van der Waals surface area (Å²) in [5.74, 6) is -4.11. The van der Waals surface area contributed by atoms with Crippen molar-refractivity contribution in [2.75, 3.05) is 50.5 Å². The Bertz CT molecular complexity index is 3220. The summed E-state index contributed by atoms with van der Waals surface area (Å²) >= 11 is 6.87. The SMILES string of the molecule is C=C(CCCCC(=O)ON1C(=O)CCC1=O)N[C@H](C(=O)N[C@@H](CCCNC(N)=O)C(=O)Nc1ccc(NC(=O)O[C@H]2CC(=O)N(C)c3cc(cc(OC)c3Cl)C/C(C)=C/C=C/[C@@H](OC)[C@@]3(O)C[C@H](OC(=O)N3)[C@@H](C)[C@@H]3O[C@@]23C)c2cccnc12)C(C)OC. The number of ether oxygens (including phenoxy) is 6. The highest BCUT2D eigenvalue weighted by atomic mass is 35.5. The van der Waals surface area contributed by atoms with Crippen LogP contribution in [0.15, 0.2) is 78.7 Å². The van der Waals surface area contributed by atoms with E-state index in [0.717, 1.165) is 11.1 Å². The van der Waals surface area contributed by atoms with Gasteiger partial charge in [-0.2, -0.15) is 0 Å². The number of imide groups is 1. The number of amides is 9. The summed E-state index contributed by atoms with van der Waals surface area (Å²) in [5, 5.41) is 29.4. The molecule has 3 fully saturated rings. The number of carbonyl (C=O) groups is 9. The van der Waals surface area contributed by atoms with E-state index in [0.29, 0.717) is 53.3 Å². The van der Waals surface area contributed by atoms with Crippen molar-refractivity contribution in [3.05, 3.63) is 89.3 Å². The molecule has 5 heterocycles. The van der Waals surface area contributed by atoms with Gasteiger partial charge in [0.25, 0.3) is 11.8 Å². The van der Waals surface area contributed by atoms with E-state index in [9.17, 15) is 48.3 Å². The van der Waals surface area contributed by atoms with Crippen LogP contribution in [0.4, 0.5) is 31.4 Å². The molecule has 1 aromatic heterocycles. The molecule has 0 spiro atoms. The number of aromatic nitrogens is 1. The highest BCUT2D eigenvalue weighted by Gasteiger charge is 2.64. The van der Waals surface area contributed by atoms with Gasteiger partial charge in [0.2, 0.25) is 17.7 Å². The number of hydroxylamine groups is 2. The minimum absolute atomic E-state index is 0.0121. The first kappa shape index (κ1) is 67.1. The number of rotatable bonds is 22. The van der Waals surface area contributed by atoms with Crippen molar-refractivity contribution < 1.29 is 81.5 Å². The van der Waals surface area contributed by atoms with Gasteiger partial charge in [0.05, 0.1) is 48.3 Å². The lowest BCUT2D eigenvalue weighted by atomic mass is 9.83. The fourth-order valence-electron chi connectivity index (χ4n) is 10.8. The number of hydrogen-bond donors (Lipinski definition) is 8. The van der Waals surface area contributed by atoms with Crippen molar-refractivity contribution in [3.63, 3.8) is 0 Å². The summed E-state index contributed by atoms with van der Waals surface area (Å²) in [6.07, 6.45) is 0.777. The number of hydrogen-bond acceptors (Lipinski definition) is 19. The number of pyridine rings is 1. The van der Waals surface area contributed by atoms with Crippen LogP contribution in [0.2, 0.25) is 5.02 Å². The lowest BCUT2D eigenvalue weighted by Gasteiger charge is -2.42. The number of anilines is 3. The number of unbranched alkanes of at least 4 members (excludes halogenated alkanes) is 1. The number of nitrogens with one attached hydrogen (secondary N) is 6. The molecule has 10 atom stereocenters. The van der Waals surface area contributed by atoms with E-state index in [4.69, 9.17) is 50.6 Å². The Morgan fingerprint density at radius 2 is 1.69 bits per heavy atom. The third-order valence-corrected chi connectivity index (χ3v) is 16.2.